The SMILES string of the molecule is CCNC(=O)Nc1ccc(Br)cn1. The van der Waals surface area contributed by atoms with Gasteiger partial charge in [-0.05, 0) is 35.0 Å². The Balaban J connectivity index is 2.54. The number of halogens is 1. The second-order valence-electron chi connectivity index (χ2n) is 2.35. The highest BCUT2D eigenvalue weighted by Gasteiger charge is 1.99. The molecule has 1 aromatic heterocycles. The number of anilines is 1. The van der Waals surface area contributed by atoms with Gasteiger partial charge in [0.25, 0.3) is 0 Å². The lowest BCUT2D eigenvalue weighted by Crippen LogP contribution is -2.28. The molecule has 70 valence electrons. The number of pyridine rings is 1. The first-order chi connectivity index (χ1) is 6.22. The molecule has 0 aromatic carbocycles. The van der Waals surface area contributed by atoms with Gasteiger partial charge in [0, 0.05) is 17.2 Å². The number of hydrogen-bond acceptors (Lipinski definition) is 2. The Bertz CT molecular complexity index is 286. The molecule has 0 atom stereocenters. The zero-order chi connectivity index (χ0) is 9.68. The molecule has 0 fully saturated rings. The summed E-state index contributed by atoms with van der Waals surface area (Å²) in [7, 11) is 0. The molecule has 2 amide bonds. The first-order valence-electron chi connectivity index (χ1n) is 3.88. The van der Waals surface area contributed by atoms with Gasteiger partial charge in [0.05, 0.1) is 0 Å². The number of urea groups is 1. The summed E-state index contributed by atoms with van der Waals surface area (Å²) in [6, 6.07) is 3.30. The quantitative estimate of drug-likeness (QED) is 0.835. The van der Waals surface area contributed by atoms with Crippen LogP contribution in [0.15, 0.2) is 22.8 Å². The summed E-state index contributed by atoms with van der Waals surface area (Å²) in [6.07, 6.45) is 1.63. The van der Waals surface area contributed by atoms with Crippen LogP contribution in [0.3, 0.4) is 0 Å². The zero-order valence-electron chi connectivity index (χ0n) is 7.17. The summed E-state index contributed by atoms with van der Waals surface area (Å²) in [6.45, 7) is 2.46. The molecule has 1 rings (SSSR count). The first kappa shape index (κ1) is 9.98. The van der Waals surface area contributed by atoms with Gasteiger partial charge in [0.15, 0.2) is 0 Å². The summed E-state index contributed by atoms with van der Waals surface area (Å²) >= 11 is 3.25. The van der Waals surface area contributed by atoms with E-state index < -0.39 is 0 Å². The Morgan fingerprint density at radius 2 is 2.38 bits per heavy atom. The van der Waals surface area contributed by atoms with Crippen molar-refractivity contribution in [1.82, 2.24) is 10.3 Å². The van der Waals surface area contributed by atoms with E-state index in [9.17, 15) is 4.79 Å². The second-order valence-corrected chi connectivity index (χ2v) is 3.26. The molecular formula is C8H10BrN3O. The molecule has 0 bridgehead atoms. The maximum Gasteiger partial charge on any atom is 0.320 e. The van der Waals surface area contributed by atoms with Crippen LogP contribution < -0.4 is 10.6 Å². The summed E-state index contributed by atoms with van der Waals surface area (Å²) in [5, 5.41) is 5.19. The molecule has 0 aliphatic carbocycles. The second kappa shape index (κ2) is 4.81. The van der Waals surface area contributed by atoms with Crippen molar-refractivity contribution < 1.29 is 4.79 Å². The number of nitrogens with one attached hydrogen (secondary N) is 2. The van der Waals surface area contributed by atoms with Crippen molar-refractivity contribution in [1.29, 1.82) is 0 Å². The van der Waals surface area contributed by atoms with E-state index in [-0.39, 0.29) is 6.03 Å². The molecule has 1 heterocycles. The molecule has 0 radical (unpaired) electrons. The molecule has 5 heteroatoms. The maximum atomic E-state index is 11.0. The van der Waals surface area contributed by atoms with Crippen LogP contribution >= 0.6 is 15.9 Å². The van der Waals surface area contributed by atoms with Crippen LogP contribution in [0.1, 0.15) is 6.92 Å². The number of carbonyl (C=O) groups excluding carboxylic acids is 1. The normalized spacial score (nSPS) is 9.38. The van der Waals surface area contributed by atoms with E-state index in [1.807, 2.05) is 13.0 Å². The summed E-state index contributed by atoms with van der Waals surface area (Å²) < 4.78 is 0.883. The van der Waals surface area contributed by atoms with E-state index in [0.717, 1.165) is 4.47 Å². The monoisotopic (exact) mass is 243 g/mol. The van der Waals surface area contributed by atoms with Crippen LogP contribution in [0.4, 0.5) is 10.6 Å². The van der Waals surface area contributed by atoms with Crippen molar-refractivity contribution in [3.63, 3.8) is 0 Å². The van der Waals surface area contributed by atoms with Crippen LogP contribution in [0.2, 0.25) is 0 Å². The highest BCUT2D eigenvalue weighted by Crippen LogP contribution is 2.09. The van der Waals surface area contributed by atoms with Crippen molar-refractivity contribution in [3.8, 4) is 0 Å². The number of carbonyl (C=O) groups is 1. The lowest BCUT2D eigenvalue weighted by atomic mass is 10.5. The summed E-state index contributed by atoms with van der Waals surface area (Å²) in [5.41, 5.74) is 0. The van der Waals surface area contributed by atoms with Crippen molar-refractivity contribution in [3.05, 3.63) is 22.8 Å². The Morgan fingerprint density at radius 1 is 1.62 bits per heavy atom. The molecule has 1 aromatic rings. The van der Waals surface area contributed by atoms with Crippen molar-refractivity contribution in [2.24, 2.45) is 0 Å². The van der Waals surface area contributed by atoms with Gasteiger partial charge >= 0.3 is 6.03 Å². The molecule has 0 unspecified atom stereocenters. The summed E-state index contributed by atoms with van der Waals surface area (Å²) in [5.74, 6) is 0.536. The van der Waals surface area contributed by atoms with Crippen molar-refractivity contribution >= 4 is 27.8 Å². The zero-order valence-corrected chi connectivity index (χ0v) is 8.76. The molecule has 0 aliphatic heterocycles. The predicted molar refractivity (Wildman–Crippen MR) is 54.6 cm³/mol. The van der Waals surface area contributed by atoms with Crippen molar-refractivity contribution in [2.75, 3.05) is 11.9 Å². The molecular weight excluding hydrogens is 234 g/mol. The van der Waals surface area contributed by atoms with Gasteiger partial charge in [-0.3, -0.25) is 5.32 Å². The first-order valence-corrected chi connectivity index (χ1v) is 4.68. The minimum atomic E-state index is -0.239. The molecule has 0 spiro atoms. The molecule has 4 nitrogen and oxygen atoms in total. The minimum Gasteiger partial charge on any atom is -0.338 e. The number of rotatable bonds is 2. The van der Waals surface area contributed by atoms with E-state index in [0.29, 0.717) is 12.4 Å². The van der Waals surface area contributed by atoms with Crippen LogP contribution in [0.25, 0.3) is 0 Å². The van der Waals surface area contributed by atoms with Crippen LogP contribution in [-0.4, -0.2) is 17.6 Å². The summed E-state index contributed by atoms with van der Waals surface area (Å²) in [4.78, 5) is 15.0. The van der Waals surface area contributed by atoms with Gasteiger partial charge in [0.2, 0.25) is 0 Å². The van der Waals surface area contributed by atoms with Gasteiger partial charge in [-0.15, -0.1) is 0 Å². The molecule has 13 heavy (non-hydrogen) atoms. The van der Waals surface area contributed by atoms with Crippen LogP contribution in [0, 0.1) is 0 Å². The highest BCUT2D eigenvalue weighted by atomic mass is 79.9. The number of hydrogen-bond donors (Lipinski definition) is 2. The van der Waals surface area contributed by atoms with E-state index in [4.69, 9.17) is 0 Å². The molecule has 0 saturated heterocycles. The third-order valence-corrected chi connectivity index (χ3v) is 1.78. The third-order valence-electron chi connectivity index (χ3n) is 1.31. The largest absolute Gasteiger partial charge is 0.338 e. The van der Waals surface area contributed by atoms with Gasteiger partial charge in [-0.2, -0.15) is 0 Å². The van der Waals surface area contributed by atoms with Gasteiger partial charge in [0.1, 0.15) is 5.82 Å². The lowest BCUT2D eigenvalue weighted by molar-refractivity contribution is 0.252. The predicted octanol–water partition coefficient (Wildman–Crippen LogP) is 1.99. The molecule has 0 saturated carbocycles. The molecule has 0 aliphatic rings. The minimum absolute atomic E-state index is 0.239. The van der Waals surface area contributed by atoms with E-state index in [1.165, 1.54) is 0 Å². The van der Waals surface area contributed by atoms with Crippen LogP contribution in [0.5, 0.6) is 0 Å². The fraction of sp³-hybridized carbons (Fsp3) is 0.250. The van der Waals surface area contributed by atoms with Crippen LogP contribution in [-0.2, 0) is 0 Å². The average Bonchev–Trinajstić information content (AvgIpc) is 2.09. The number of aromatic nitrogens is 1. The Hall–Kier alpha value is -1.10. The third kappa shape index (κ3) is 3.42. The van der Waals surface area contributed by atoms with E-state index in [2.05, 4.69) is 31.5 Å². The fourth-order valence-electron chi connectivity index (χ4n) is 0.771. The maximum absolute atomic E-state index is 11.0. The Kier molecular flexibility index (Phi) is 3.70. The highest BCUT2D eigenvalue weighted by molar-refractivity contribution is 9.10. The van der Waals surface area contributed by atoms with Crippen molar-refractivity contribution in [2.45, 2.75) is 6.92 Å². The van der Waals surface area contributed by atoms with Gasteiger partial charge in [-0.25, -0.2) is 9.78 Å². The average molecular weight is 244 g/mol. The van der Waals surface area contributed by atoms with Gasteiger partial charge < -0.3 is 5.32 Å². The van der Waals surface area contributed by atoms with E-state index >= 15 is 0 Å². The number of nitrogens with zero attached hydrogens (tertiary/aromatic N) is 1. The smallest absolute Gasteiger partial charge is 0.320 e. The topological polar surface area (TPSA) is 54.0 Å². The van der Waals surface area contributed by atoms with Gasteiger partial charge in [-0.1, -0.05) is 0 Å². The Labute approximate surface area is 84.9 Å². The fourth-order valence-corrected chi connectivity index (χ4v) is 1.01. The molecule has 2 N–H and O–H groups in total. The standard InChI is InChI=1S/C8H10BrN3O/c1-2-10-8(13)12-7-4-3-6(9)5-11-7/h3-5H,2H2,1H3,(H2,10,11,12,13). The van der Waals surface area contributed by atoms with E-state index in [1.54, 1.807) is 12.3 Å². The lowest BCUT2D eigenvalue weighted by Gasteiger charge is -2.03. The number of amides is 2. The Morgan fingerprint density at radius 3 is 2.92 bits per heavy atom.